The summed E-state index contributed by atoms with van der Waals surface area (Å²) >= 11 is 0. The number of aryl methyl sites for hydroxylation is 1. The molecule has 1 aromatic rings. The summed E-state index contributed by atoms with van der Waals surface area (Å²) in [6.07, 6.45) is 3.36. The third-order valence-electron chi connectivity index (χ3n) is 2.90. The molecule has 0 fully saturated rings. The van der Waals surface area contributed by atoms with Gasteiger partial charge in [0.05, 0.1) is 0 Å². The van der Waals surface area contributed by atoms with Crippen molar-refractivity contribution in [3.63, 3.8) is 0 Å². The van der Waals surface area contributed by atoms with E-state index in [2.05, 4.69) is 54.0 Å². The van der Waals surface area contributed by atoms with E-state index in [1.165, 1.54) is 12.1 Å². The second-order valence-corrected chi connectivity index (χ2v) is 4.27. The summed E-state index contributed by atoms with van der Waals surface area (Å²) in [6.45, 7) is 9.80. The van der Waals surface area contributed by atoms with Crippen LogP contribution in [0.25, 0.3) is 0 Å². The van der Waals surface area contributed by atoms with Crippen molar-refractivity contribution in [2.24, 2.45) is 0 Å². The molecule has 3 heteroatoms. The number of hydrogen-bond acceptors (Lipinski definition) is 2. The van der Waals surface area contributed by atoms with Gasteiger partial charge >= 0.3 is 0 Å². The summed E-state index contributed by atoms with van der Waals surface area (Å²) < 4.78 is 2.33. The van der Waals surface area contributed by atoms with Crippen molar-refractivity contribution in [2.75, 3.05) is 26.7 Å². The van der Waals surface area contributed by atoms with E-state index in [0.29, 0.717) is 0 Å². The Balaban J connectivity index is 2.23. The molecule has 0 saturated carbocycles. The molecule has 0 aromatic carbocycles. The highest BCUT2D eigenvalue weighted by Gasteiger charge is 1.99. The maximum Gasteiger partial charge on any atom is 0.0359 e. The first-order chi connectivity index (χ1) is 7.77. The SMILES string of the molecule is CCCn1cccc1CNCCN(C)CC. The highest BCUT2D eigenvalue weighted by molar-refractivity contribution is 5.06. The van der Waals surface area contributed by atoms with Gasteiger partial charge in [0.2, 0.25) is 0 Å². The van der Waals surface area contributed by atoms with Gasteiger partial charge in [0.15, 0.2) is 0 Å². The average molecular weight is 223 g/mol. The summed E-state index contributed by atoms with van der Waals surface area (Å²) in [5.74, 6) is 0. The first-order valence-corrected chi connectivity index (χ1v) is 6.31. The van der Waals surface area contributed by atoms with Crippen LogP contribution >= 0.6 is 0 Å². The summed E-state index contributed by atoms with van der Waals surface area (Å²) in [5.41, 5.74) is 1.39. The maximum atomic E-state index is 3.49. The molecule has 0 aliphatic carbocycles. The van der Waals surface area contributed by atoms with Crippen LogP contribution in [-0.4, -0.2) is 36.1 Å². The third-order valence-corrected chi connectivity index (χ3v) is 2.90. The van der Waals surface area contributed by atoms with Crippen molar-refractivity contribution in [1.82, 2.24) is 14.8 Å². The fourth-order valence-electron chi connectivity index (χ4n) is 1.71. The van der Waals surface area contributed by atoms with Crippen LogP contribution < -0.4 is 5.32 Å². The lowest BCUT2D eigenvalue weighted by Gasteiger charge is -2.14. The lowest BCUT2D eigenvalue weighted by Crippen LogP contribution is -2.29. The Morgan fingerprint density at radius 2 is 2.19 bits per heavy atom. The van der Waals surface area contributed by atoms with Gasteiger partial charge in [0, 0.05) is 38.1 Å². The number of aromatic nitrogens is 1. The molecule has 0 bridgehead atoms. The number of rotatable bonds is 8. The Morgan fingerprint density at radius 1 is 1.38 bits per heavy atom. The minimum Gasteiger partial charge on any atom is -0.350 e. The molecular weight excluding hydrogens is 198 g/mol. The summed E-state index contributed by atoms with van der Waals surface area (Å²) in [4.78, 5) is 2.32. The number of hydrogen-bond donors (Lipinski definition) is 1. The van der Waals surface area contributed by atoms with Crippen LogP contribution in [-0.2, 0) is 13.1 Å². The number of likely N-dealkylation sites (N-methyl/N-ethyl adjacent to an activating group) is 1. The summed E-state index contributed by atoms with van der Waals surface area (Å²) in [7, 11) is 2.15. The quantitative estimate of drug-likeness (QED) is 0.680. The molecule has 0 radical (unpaired) electrons. The zero-order chi connectivity index (χ0) is 11.8. The lowest BCUT2D eigenvalue weighted by atomic mass is 10.4. The molecule has 0 amide bonds. The van der Waals surface area contributed by atoms with E-state index >= 15 is 0 Å². The van der Waals surface area contributed by atoms with Gasteiger partial charge in [-0.2, -0.15) is 0 Å². The van der Waals surface area contributed by atoms with Gasteiger partial charge in [-0.05, 0) is 32.1 Å². The largest absolute Gasteiger partial charge is 0.350 e. The van der Waals surface area contributed by atoms with Gasteiger partial charge in [-0.25, -0.2) is 0 Å². The average Bonchev–Trinajstić information content (AvgIpc) is 2.72. The number of nitrogens with zero attached hydrogens (tertiary/aromatic N) is 2. The minimum absolute atomic E-state index is 0.977. The van der Waals surface area contributed by atoms with E-state index in [1.807, 2.05) is 0 Å². The molecule has 1 aromatic heterocycles. The zero-order valence-electron chi connectivity index (χ0n) is 10.9. The molecule has 1 heterocycles. The molecule has 0 aliphatic rings. The van der Waals surface area contributed by atoms with Crippen LogP contribution in [0.2, 0.25) is 0 Å². The van der Waals surface area contributed by atoms with Crippen LogP contribution in [0.4, 0.5) is 0 Å². The highest BCUT2D eigenvalue weighted by atomic mass is 15.1. The van der Waals surface area contributed by atoms with Crippen molar-refractivity contribution in [2.45, 2.75) is 33.4 Å². The van der Waals surface area contributed by atoms with E-state index < -0.39 is 0 Å². The topological polar surface area (TPSA) is 20.2 Å². The molecule has 0 unspecified atom stereocenters. The first-order valence-electron chi connectivity index (χ1n) is 6.31. The van der Waals surface area contributed by atoms with Gasteiger partial charge in [-0.3, -0.25) is 0 Å². The first kappa shape index (κ1) is 13.3. The second-order valence-electron chi connectivity index (χ2n) is 4.27. The normalized spacial score (nSPS) is 11.2. The molecular formula is C13H25N3. The number of nitrogens with one attached hydrogen (secondary N) is 1. The molecule has 0 aliphatic heterocycles. The molecule has 3 nitrogen and oxygen atoms in total. The van der Waals surface area contributed by atoms with Crippen molar-refractivity contribution < 1.29 is 0 Å². The van der Waals surface area contributed by atoms with E-state index in [1.54, 1.807) is 0 Å². The Morgan fingerprint density at radius 3 is 2.88 bits per heavy atom. The fraction of sp³-hybridized carbons (Fsp3) is 0.692. The third kappa shape index (κ3) is 4.37. The Labute approximate surface area is 99.4 Å². The van der Waals surface area contributed by atoms with Gasteiger partial charge in [-0.15, -0.1) is 0 Å². The van der Waals surface area contributed by atoms with Crippen LogP contribution in [0.1, 0.15) is 26.0 Å². The molecule has 1 rings (SSSR count). The van der Waals surface area contributed by atoms with E-state index in [-0.39, 0.29) is 0 Å². The van der Waals surface area contributed by atoms with Crippen molar-refractivity contribution in [3.05, 3.63) is 24.0 Å². The Bertz CT molecular complexity index is 280. The Kier molecular flexibility index (Phi) is 6.19. The highest BCUT2D eigenvalue weighted by Crippen LogP contribution is 2.02. The summed E-state index contributed by atoms with van der Waals surface area (Å²) in [5, 5.41) is 3.49. The van der Waals surface area contributed by atoms with Crippen molar-refractivity contribution in [1.29, 1.82) is 0 Å². The van der Waals surface area contributed by atoms with Crippen molar-refractivity contribution in [3.8, 4) is 0 Å². The van der Waals surface area contributed by atoms with E-state index in [9.17, 15) is 0 Å². The van der Waals surface area contributed by atoms with Gasteiger partial charge in [0.25, 0.3) is 0 Å². The fourth-order valence-corrected chi connectivity index (χ4v) is 1.71. The molecule has 0 saturated heterocycles. The van der Waals surface area contributed by atoms with Crippen LogP contribution in [0.3, 0.4) is 0 Å². The predicted octanol–water partition coefficient (Wildman–Crippen LogP) is 1.94. The van der Waals surface area contributed by atoms with Gasteiger partial charge in [-0.1, -0.05) is 13.8 Å². The second kappa shape index (κ2) is 7.47. The zero-order valence-corrected chi connectivity index (χ0v) is 10.9. The minimum atomic E-state index is 0.977. The van der Waals surface area contributed by atoms with Crippen molar-refractivity contribution >= 4 is 0 Å². The molecule has 16 heavy (non-hydrogen) atoms. The lowest BCUT2D eigenvalue weighted by molar-refractivity contribution is 0.348. The predicted molar refractivity (Wildman–Crippen MR) is 69.6 cm³/mol. The van der Waals surface area contributed by atoms with E-state index in [4.69, 9.17) is 0 Å². The molecule has 1 N–H and O–H groups in total. The smallest absolute Gasteiger partial charge is 0.0359 e. The van der Waals surface area contributed by atoms with Gasteiger partial charge in [0.1, 0.15) is 0 Å². The standard InChI is InChI=1S/C13H25N3/c1-4-9-16-10-6-7-13(16)12-14-8-11-15(3)5-2/h6-7,10,14H,4-5,8-9,11-12H2,1-3H3. The van der Waals surface area contributed by atoms with Crippen LogP contribution in [0.15, 0.2) is 18.3 Å². The Hall–Kier alpha value is -0.800. The van der Waals surface area contributed by atoms with Crippen LogP contribution in [0.5, 0.6) is 0 Å². The monoisotopic (exact) mass is 223 g/mol. The maximum absolute atomic E-state index is 3.49. The molecule has 92 valence electrons. The molecule has 0 atom stereocenters. The van der Waals surface area contributed by atoms with E-state index in [0.717, 1.165) is 32.7 Å². The molecule has 0 spiro atoms. The summed E-state index contributed by atoms with van der Waals surface area (Å²) in [6, 6.07) is 4.33. The van der Waals surface area contributed by atoms with Gasteiger partial charge < -0.3 is 14.8 Å². The van der Waals surface area contributed by atoms with Crippen LogP contribution in [0, 0.1) is 0 Å².